The van der Waals surface area contributed by atoms with Crippen molar-refractivity contribution < 1.29 is 5.11 Å². The van der Waals surface area contributed by atoms with Gasteiger partial charge in [-0.1, -0.05) is 36.9 Å². The van der Waals surface area contributed by atoms with Crippen LogP contribution in [0.2, 0.25) is 0 Å². The Kier molecular flexibility index (Phi) is 3.02. The smallest absolute Gasteiger partial charge is 0.0624 e. The molecule has 1 rings (SSSR count). The average Bonchev–Trinajstić information content (AvgIpc) is 2.16. The minimum absolute atomic E-state index is 0.0369. The molecule has 2 heteroatoms. The lowest BCUT2D eigenvalue weighted by atomic mass is 10.0. The zero-order chi connectivity index (χ0) is 8.97. The van der Waals surface area contributed by atoms with Gasteiger partial charge in [-0.15, -0.1) is 0 Å². The molecule has 1 unspecified atom stereocenters. The van der Waals surface area contributed by atoms with Crippen LogP contribution in [0, 0.1) is 0 Å². The molecule has 0 aliphatic heterocycles. The van der Waals surface area contributed by atoms with Gasteiger partial charge in [0.2, 0.25) is 0 Å². The minimum Gasteiger partial charge on any atom is -0.394 e. The number of aliphatic hydroxyl groups is 1. The van der Waals surface area contributed by atoms with Crippen molar-refractivity contribution in [2.75, 3.05) is 6.61 Å². The highest BCUT2D eigenvalue weighted by Crippen LogP contribution is 2.16. The lowest BCUT2D eigenvalue weighted by molar-refractivity contribution is 0.268. The maximum absolute atomic E-state index is 8.85. The van der Waals surface area contributed by atoms with Crippen LogP contribution in [0.4, 0.5) is 0 Å². The molecular formula is C10H13NO. The summed E-state index contributed by atoms with van der Waals surface area (Å²) < 4.78 is 0. The third-order valence-electron chi connectivity index (χ3n) is 1.81. The number of rotatable bonds is 3. The number of benzene rings is 1. The Morgan fingerprint density at radius 3 is 2.75 bits per heavy atom. The fourth-order valence-corrected chi connectivity index (χ4v) is 1.13. The fourth-order valence-electron chi connectivity index (χ4n) is 1.13. The predicted octanol–water partition coefficient (Wildman–Crippen LogP) is 1.32. The summed E-state index contributed by atoms with van der Waals surface area (Å²) in [5.41, 5.74) is 7.60. The molecule has 64 valence electrons. The molecule has 0 bridgehead atoms. The fraction of sp³-hybridized carbons (Fsp3) is 0.200. The lowest BCUT2D eigenvalue weighted by Gasteiger charge is -2.11. The van der Waals surface area contributed by atoms with Gasteiger partial charge < -0.3 is 10.8 Å². The van der Waals surface area contributed by atoms with Crippen LogP contribution in [0.1, 0.15) is 17.2 Å². The zero-order valence-corrected chi connectivity index (χ0v) is 6.90. The van der Waals surface area contributed by atoms with Crippen LogP contribution in [0.3, 0.4) is 0 Å². The molecule has 2 nitrogen and oxygen atoms in total. The number of hydrogen-bond donors (Lipinski definition) is 2. The van der Waals surface area contributed by atoms with Gasteiger partial charge in [-0.3, -0.25) is 0 Å². The van der Waals surface area contributed by atoms with Gasteiger partial charge in [-0.2, -0.15) is 0 Å². The second-order valence-corrected chi connectivity index (χ2v) is 2.62. The largest absolute Gasteiger partial charge is 0.394 e. The van der Waals surface area contributed by atoms with Gasteiger partial charge in [-0.25, -0.2) is 0 Å². The maximum Gasteiger partial charge on any atom is 0.0624 e. The van der Waals surface area contributed by atoms with Crippen LogP contribution in [-0.4, -0.2) is 11.7 Å². The van der Waals surface area contributed by atoms with E-state index in [2.05, 4.69) is 6.58 Å². The highest BCUT2D eigenvalue weighted by Gasteiger charge is 2.06. The van der Waals surface area contributed by atoms with E-state index >= 15 is 0 Å². The van der Waals surface area contributed by atoms with Crippen molar-refractivity contribution in [3.8, 4) is 0 Å². The van der Waals surface area contributed by atoms with Crippen LogP contribution in [0.5, 0.6) is 0 Å². The van der Waals surface area contributed by atoms with Crippen molar-refractivity contribution in [2.45, 2.75) is 6.04 Å². The Labute approximate surface area is 72.3 Å². The van der Waals surface area contributed by atoms with Crippen molar-refractivity contribution in [3.63, 3.8) is 0 Å². The van der Waals surface area contributed by atoms with Crippen LogP contribution >= 0.6 is 0 Å². The maximum atomic E-state index is 8.85. The van der Waals surface area contributed by atoms with Gasteiger partial charge in [0.15, 0.2) is 0 Å². The first-order valence-corrected chi connectivity index (χ1v) is 3.87. The highest BCUT2D eigenvalue weighted by molar-refractivity contribution is 5.52. The van der Waals surface area contributed by atoms with Gasteiger partial charge in [0.05, 0.1) is 12.6 Å². The topological polar surface area (TPSA) is 46.2 Å². The quantitative estimate of drug-likeness (QED) is 0.706. The van der Waals surface area contributed by atoms with E-state index in [1.807, 2.05) is 24.3 Å². The Bertz CT molecular complexity index is 270. The molecule has 3 N–H and O–H groups in total. The predicted molar refractivity (Wildman–Crippen MR) is 50.5 cm³/mol. The molecule has 0 aromatic heterocycles. The van der Waals surface area contributed by atoms with Crippen LogP contribution < -0.4 is 5.73 Å². The van der Waals surface area contributed by atoms with E-state index in [1.165, 1.54) is 0 Å². The number of hydrogen-bond acceptors (Lipinski definition) is 2. The Hall–Kier alpha value is -1.12. The monoisotopic (exact) mass is 163 g/mol. The molecule has 0 aliphatic rings. The molecular weight excluding hydrogens is 150 g/mol. The Morgan fingerprint density at radius 2 is 2.17 bits per heavy atom. The summed E-state index contributed by atoms with van der Waals surface area (Å²) in [7, 11) is 0. The molecule has 0 amide bonds. The van der Waals surface area contributed by atoms with Crippen molar-refractivity contribution in [1.82, 2.24) is 0 Å². The van der Waals surface area contributed by atoms with Crippen molar-refractivity contribution in [3.05, 3.63) is 42.0 Å². The second-order valence-electron chi connectivity index (χ2n) is 2.62. The van der Waals surface area contributed by atoms with E-state index < -0.39 is 0 Å². The number of aliphatic hydroxyl groups excluding tert-OH is 1. The Morgan fingerprint density at radius 1 is 1.50 bits per heavy atom. The van der Waals surface area contributed by atoms with Crippen LogP contribution in [-0.2, 0) is 0 Å². The first kappa shape index (κ1) is 8.97. The molecule has 0 saturated carbocycles. The summed E-state index contributed by atoms with van der Waals surface area (Å²) in [6.45, 7) is 3.63. The van der Waals surface area contributed by atoms with E-state index in [0.717, 1.165) is 11.1 Å². The third kappa shape index (κ3) is 1.72. The average molecular weight is 163 g/mol. The van der Waals surface area contributed by atoms with Crippen molar-refractivity contribution >= 4 is 6.08 Å². The summed E-state index contributed by atoms with van der Waals surface area (Å²) in [6.07, 6.45) is 1.74. The van der Waals surface area contributed by atoms with E-state index in [9.17, 15) is 0 Å². The van der Waals surface area contributed by atoms with Crippen LogP contribution in [0.25, 0.3) is 6.08 Å². The van der Waals surface area contributed by atoms with Gasteiger partial charge in [0, 0.05) is 0 Å². The summed E-state index contributed by atoms with van der Waals surface area (Å²) in [4.78, 5) is 0. The molecule has 1 aromatic carbocycles. The van der Waals surface area contributed by atoms with Gasteiger partial charge in [-0.05, 0) is 11.1 Å². The van der Waals surface area contributed by atoms with E-state index in [-0.39, 0.29) is 12.6 Å². The van der Waals surface area contributed by atoms with Crippen molar-refractivity contribution in [2.24, 2.45) is 5.73 Å². The van der Waals surface area contributed by atoms with Crippen molar-refractivity contribution in [1.29, 1.82) is 0 Å². The number of nitrogens with two attached hydrogens (primary N) is 1. The lowest BCUT2D eigenvalue weighted by Crippen LogP contribution is -2.15. The first-order chi connectivity index (χ1) is 5.79. The molecule has 12 heavy (non-hydrogen) atoms. The molecule has 0 saturated heterocycles. The first-order valence-electron chi connectivity index (χ1n) is 3.87. The molecule has 0 aliphatic carbocycles. The molecule has 1 aromatic rings. The highest BCUT2D eigenvalue weighted by atomic mass is 16.3. The van der Waals surface area contributed by atoms with Crippen LogP contribution in [0.15, 0.2) is 30.8 Å². The van der Waals surface area contributed by atoms with Gasteiger partial charge >= 0.3 is 0 Å². The molecule has 0 heterocycles. The van der Waals surface area contributed by atoms with Gasteiger partial charge in [0.25, 0.3) is 0 Å². The molecule has 0 radical (unpaired) electrons. The molecule has 0 fully saturated rings. The third-order valence-corrected chi connectivity index (χ3v) is 1.81. The summed E-state index contributed by atoms with van der Waals surface area (Å²) in [6, 6.07) is 7.34. The molecule has 0 spiro atoms. The second kappa shape index (κ2) is 4.04. The van der Waals surface area contributed by atoms with Gasteiger partial charge in [0.1, 0.15) is 0 Å². The summed E-state index contributed by atoms with van der Waals surface area (Å²) >= 11 is 0. The summed E-state index contributed by atoms with van der Waals surface area (Å²) in [5, 5.41) is 8.85. The summed E-state index contributed by atoms with van der Waals surface area (Å²) in [5.74, 6) is 0. The SMILES string of the molecule is C=Cc1ccccc1C(N)CO. The van der Waals surface area contributed by atoms with E-state index in [0.29, 0.717) is 0 Å². The van der Waals surface area contributed by atoms with E-state index in [4.69, 9.17) is 10.8 Å². The zero-order valence-electron chi connectivity index (χ0n) is 6.90. The van der Waals surface area contributed by atoms with E-state index in [1.54, 1.807) is 6.08 Å². The molecule has 1 atom stereocenters. The minimum atomic E-state index is -0.306. The standard InChI is InChI=1S/C10H13NO/c1-2-8-5-3-4-6-9(8)10(11)7-12/h2-6,10,12H,1,7,11H2. The normalized spacial score (nSPS) is 12.5. The Balaban J connectivity index is 3.04.